The average molecular weight is 396 g/mol. The summed E-state index contributed by atoms with van der Waals surface area (Å²) in [6, 6.07) is 12.0. The van der Waals surface area contributed by atoms with Gasteiger partial charge in [-0.2, -0.15) is 0 Å². The van der Waals surface area contributed by atoms with Gasteiger partial charge in [0.25, 0.3) is 0 Å². The number of hydrogen-bond donors (Lipinski definition) is 1. The van der Waals surface area contributed by atoms with Crippen molar-refractivity contribution in [3.63, 3.8) is 0 Å². The molecule has 4 rings (SSSR count). The van der Waals surface area contributed by atoms with E-state index in [4.69, 9.17) is 0 Å². The van der Waals surface area contributed by atoms with Crippen LogP contribution in [0.3, 0.4) is 0 Å². The Kier molecular flexibility index (Phi) is 5.83. The molecule has 0 radical (unpaired) electrons. The van der Waals surface area contributed by atoms with E-state index in [2.05, 4.69) is 43.4 Å². The standard InChI is InChI=1S/C21H25N5OS/c1-16-8-12-28-18(16)15-25-9-7-19-23-24-20(26(19)11-10-25)14-22-21(27)13-17-5-3-2-4-6-17/h2-6,8,12H,7,9-11,13-15H2,1H3,(H,22,27). The molecule has 0 spiro atoms. The van der Waals surface area contributed by atoms with Gasteiger partial charge in [-0.15, -0.1) is 21.5 Å². The number of benzene rings is 1. The summed E-state index contributed by atoms with van der Waals surface area (Å²) in [5.74, 6) is 1.86. The van der Waals surface area contributed by atoms with Crippen LogP contribution in [-0.2, 0) is 37.3 Å². The van der Waals surface area contributed by atoms with Gasteiger partial charge in [0, 0.05) is 37.5 Å². The molecule has 3 heterocycles. The summed E-state index contributed by atoms with van der Waals surface area (Å²) in [5.41, 5.74) is 2.38. The monoisotopic (exact) mass is 395 g/mol. The number of carbonyl (C=O) groups excluding carboxylic acids is 1. The van der Waals surface area contributed by atoms with Crippen LogP contribution in [0.5, 0.6) is 0 Å². The lowest BCUT2D eigenvalue weighted by atomic mass is 10.1. The Morgan fingerprint density at radius 1 is 1.14 bits per heavy atom. The zero-order valence-electron chi connectivity index (χ0n) is 16.1. The van der Waals surface area contributed by atoms with Crippen molar-refractivity contribution in [3.8, 4) is 0 Å². The molecule has 0 atom stereocenters. The molecule has 1 aliphatic heterocycles. The summed E-state index contributed by atoms with van der Waals surface area (Å²) in [5, 5.41) is 13.8. The Labute approximate surface area is 169 Å². The molecule has 0 unspecified atom stereocenters. The van der Waals surface area contributed by atoms with Gasteiger partial charge in [0.1, 0.15) is 5.82 Å². The summed E-state index contributed by atoms with van der Waals surface area (Å²) in [6.45, 7) is 6.39. The Balaban J connectivity index is 1.33. The molecular formula is C21H25N5OS. The van der Waals surface area contributed by atoms with Crippen molar-refractivity contribution >= 4 is 17.2 Å². The minimum Gasteiger partial charge on any atom is -0.349 e. The van der Waals surface area contributed by atoms with Crippen molar-refractivity contribution in [3.05, 3.63) is 69.4 Å². The van der Waals surface area contributed by atoms with Crippen molar-refractivity contribution in [2.45, 2.75) is 39.4 Å². The second-order valence-electron chi connectivity index (χ2n) is 7.18. The molecular weight excluding hydrogens is 370 g/mol. The molecule has 0 bridgehead atoms. The number of nitrogens with zero attached hydrogens (tertiary/aromatic N) is 4. The highest BCUT2D eigenvalue weighted by Crippen LogP contribution is 2.19. The third-order valence-electron chi connectivity index (χ3n) is 5.18. The smallest absolute Gasteiger partial charge is 0.224 e. The quantitative estimate of drug-likeness (QED) is 0.697. The zero-order valence-corrected chi connectivity index (χ0v) is 16.9. The summed E-state index contributed by atoms with van der Waals surface area (Å²) in [6.07, 6.45) is 1.27. The van der Waals surface area contributed by atoms with Crippen molar-refractivity contribution in [1.82, 2.24) is 25.0 Å². The van der Waals surface area contributed by atoms with Gasteiger partial charge in [-0.1, -0.05) is 30.3 Å². The first-order chi connectivity index (χ1) is 13.7. The fraction of sp³-hybridized carbons (Fsp3) is 0.381. The van der Waals surface area contributed by atoms with E-state index in [0.717, 1.165) is 49.8 Å². The number of rotatable bonds is 6. The van der Waals surface area contributed by atoms with Gasteiger partial charge >= 0.3 is 0 Å². The largest absolute Gasteiger partial charge is 0.349 e. The maximum absolute atomic E-state index is 12.2. The minimum atomic E-state index is 0.00645. The third kappa shape index (κ3) is 4.48. The average Bonchev–Trinajstić information content (AvgIpc) is 3.22. The second kappa shape index (κ2) is 8.67. The van der Waals surface area contributed by atoms with E-state index in [1.807, 2.05) is 41.7 Å². The number of nitrogens with one attached hydrogen (secondary N) is 1. The molecule has 0 fully saturated rings. The predicted molar refractivity (Wildman–Crippen MR) is 110 cm³/mol. The summed E-state index contributed by atoms with van der Waals surface area (Å²) >= 11 is 1.83. The highest BCUT2D eigenvalue weighted by molar-refractivity contribution is 7.10. The zero-order chi connectivity index (χ0) is 19.3. The van der Waals surface area contributed by atoms with E-state index in [-0.39, 0.29) is 5.91 Å². The van der Waals surface area contributed by atoms with E-state index in [1.54, 1.807) is 0 Å². The van der Waals surface area contributed by atoms with Crippen molar-refractivity contribution in [2.24, 2.45) is 0 Å². The molecule has 3 aromatic rings. The van der Waals surface area contributed by atoms with Crippen LogP contribution in [0.4, 0.5) is 0 Å². The second-order valence-corrected chi connectivity index (χ2v) is 8.18. The molecule has 6 nitrogen and oxygen atoms in total. The lowest BCUT2D eigenvalue weighted by Crippen LogP contribution is -2.28. The molecule has 2 aromatic heterocycles. The van der Waals surface area contributed by atoms with Crippen LogP contribution in [-0.4, -0.2) is 38.7 Å². The number of carbonyl (C=O) groups is 1. The van der Waals surface area contributed by atoms with Crippen LogP contribution < -0.4 is 5.32 Å². The van der Waals surface area contributed by atoms with E-state index in [1.165, 1.54) is 10.4 Å². The van der Waals surface area contributed by atoms with E-state index in [9.17, 15) is 4.79 Å². The van der Waals surface area contributed by atoms with Crippen LogP contribution >= 0.6 is 11.3 Å². The van der Waals surface area contributed by atoms with Gasteiger partial charge in [0.15, 0.2) is 5.82 Å². The molecule has 1 aliphatic rings. The van der Waals surface area contributed by atoms with E-state index < -0.39 is 0 Å². The first-order valence-corrected chi connectivity index (χ1v) is 10.5. The molecule has 0 saturated carbocycles. The Morgan fingerprint density at radius 3 is 2.79 bits per heavy atom. The molecule has 28 heavy (non-hydrogen) atoms. The molecule has 1 amide bonds. The molecule has 1 aromatic carbocycles. The summed E-state index contributed by atoms with van der Waals surface area (Å²) < 4.78 is 2.17. The maximum Gasteiger partial charge on any atom is 0.224 e. The van der Waals surface area contributed by atoms with Gasteiger partial charge in [0.2, 0.25) is 5.91 Å². The normalized spacial score (nSPS) is 14.5. The van der Waals surface area contributed by atoms with E-state index >= 15 is 0 Å². The number of hydrogen-bond acceptors (Lipinski definition) is 5. The first kappa shape index (κ1) is 18.8. The van der Waals surface area contributed by atoms with Crippen LogP contribution in [0.1, 0.15) is 27.7 Å². The van der Waals surface area contributed by atoms with Crippen molar-refractivity contribution in [1.29, 1.82) is 0 Å². The highest BCUT2D eigenvalue weighted by Gasteiger charge is 2.19. The molecule has 0 aliphatic carbocycles. The maximum atomic E-state index is 12.2. The minimum absolute atomic E-state index is 0.00645. The van der Waals surface area contributed by atoms with Gasteiger partial charge in [-0.05, 0) is 29.5 Å². The molecule has 1 N–H and O–H groups in total. The number of aryl methyl sites for hydroxylation is 1. The fourth-order valence-electron chi connectivity index (χ4n) is 3.51. The van der Waals surface area contributed by atoms with Crippen molar-refractivity contribution in [2.75, 3.05) is 13.1 Å². The topological polar surface area (TPSA) is 63.1 Å². The van der Waals surface area contributed by atoms with Gasteiger partial charge < -0.3 is 9.88 Å². The van der Waals surface area contributed by atoms with Gasteiger partial charge in [-0.25, -0.2) is 0 Å². The van der Waals surface area contributed by atoms with Crippen LogP contribution in [0.25, 0.3) is 0 Å². The Bertz CT molecular complexity index is 933. The van der Waals surface area contributed by atoms with Gasteiger partial charge in [0.05, 0.1) is 13.0 Å². The fourth-order valence-corrected chi connectivity index (χ4v) is 4.45. The SMILES string of the molecule is Cc1ccsc1CN1CCc2nnc(CNC(=O)Cc3ccccc3)n2CC1. The first-order valence-electron chi connectivity index (χ1n) is 9.66. The number of amides is 1. The Hall–Kier alpha value is -2.51. The highest BCUT2D eigenvalue weighted by atomic mass is 32.1. The van der Waals surface area contributed by atoms with Gasteiger partial charge in [-0.3, -0.25) is 9.69 Å². The van der Waals surface area contributed by atoms with Crippen LogP contribution in [0, 0.1) is 6.92 Å². The number of fused-ring (bicyclic) bond motifs is 1. The molecule has 0 saturated heterocycles. The Morgan fingerprint density at radius 2 is 2.00 bits per heavy atom. The van der Waals surface area contributed by atoms with Crippen LogP contribution in [0.15, 0.2) is 41.8 Å². The van der Waals surface area contributed by atoms with E-state index in [0.29, 0.717) is 13.0 Å². The molecule has 146 valence electrons. The van der Waals surface area contributed by atoms with Crippen molar-refractivity contribution < 1.29 is 4.79 Å². The van der Waals surface area contributed by atoms with Crippen LogP contribution in [0.2, 0.25) is 0 Å². The number of aromatic nitrogens is 3. The number of thiophene rings is 1. The third-order valence-corrected chi connectivity index (χ3v) is 6.19. The lowest BCUT2D eigenvalue weighted by Gasteiger charge is -2.19. The molecule has 7 heteroatoms. The lowest BCUT2D eigenvalue weighted by molar-refractivity contribution is -0.120. The summed E-state index contributed by atoms with van der Waals surface area (Å²) in [4.78, 5) is 16.1. The summed E-state index contributed by atoms with van der Waals surface area (Å²) in [7, 11) is 0. The predicted octanol–water partition coefficient (Wildman–Crippen LogP) is 2.57.